The maximum atomic E-state index is 5.47. The van der Waals surface area contributed by atoms with Crippen LogP contribution in [0.15, 0.2) is 22.9 Å². The monoisotopic (exact) mass is 287 g/mol. The third kappa shape index (κ3) is 2.90. The molecule has 0 saturated carbocycles. The van der Waals surface area contributed by atoms with Crippen LogP contribution in [-0.2, 0) is 5.41 Å². The topological polar surface area (TPSA) is 67.1 Å². The van der Waals surface area contributed by atoms with Crippen LogP contribution >= 0.6 is 0 Å². The van der Waals surface area contributed by atoms with Crippen LogP contribution in [0, 0.1) is 0 Å². The van der Waals surface area contributed by atoms with E-state index >= 15 is 0 Å². The van der Waals surface area contributed by atoms with E-state index in [0.29, 0.717) is 11.7 Å². The van der Waals surface area contributed by atoms with Gasteiger partial charge in [0.1, 0.15) is 5.82 Å². The molecule has 112 valence electrons. The molecule has 0 amide bonds. The number of pyridine rings is 1. The third-order valence-electron chi connectivity index (χ3n) is 3.53. The minimum absolute atomic E-state index is 0.126. The van der Waals surface area contributed by atoms with Crippen LogP contribution in [0.5, 0.6) is 0 Å². The first kappa shape index (κ1) is 14.0. The van der Waals surface area contributed by atoms with Crippen LogP contribution in [-0.4, -0.2) is 41.3 Å². The van der Waals surface area contributed by atoms with Gasteiger partial charge in [0.25, 0.3) is 5.89 Å². The van der Waals surface area contributed by atoms with E-state index in [-0.39, 0.29) is 5.41 Å². The van der Waals surface area contributed by atoms with E-state index in [9.17, 15) is 0 Å². The third-order valence-corrected chi connectivity index (χ3v) is 3.53. The molecule has 21 heavy (non-hydrogen) atoms. The molecule has 2 aromatic rings. The summed E-state index contributed by atoms with van der Waals surface area (Å²) < 4.78 is 5.47. The second-order valence-corrected chi connectivity index (χ2v) is 6.28. The first-order valence-electron chi connectivity index (χ1n) is 7.31. The van der Waals surface area contributed by atoms with Gasteiger partial charge in [0.05, 0.1) is 5.56 Å². The Balaban J connectivity index is 1.96. The van der Waals surface area contributed by atoms with Crippen LogP contribution in [0.1, 0.15) is 26.6 Å². The van der Waals surface area contributed by atoms with Crippen molar-refractivity contribution in [1.29, 1.82) is 0 Å². The predicted octanol–water partition coefficient (Wildman–Crippen LogP) is 1.84. The summed E-state index contributed by atoms with van der Waals surface area (Å²) in [6.45, 7) is 10.0. The fourth-order valence-electron chi connectivity index (χ4n) is 2.33. The Hall–Kier alpha value is -1.95. The van der Waals surface area contributed by atoms with Crippen molar-refractivity contribution in [3.05, 3.63) is 24.2 Å². The molecule has 0 aliphatic carbocycles. The standard InChI is InChI=1S/C15H21N5O/c1-15(2,3)14-18-13(21-19-14)11-5-4-6-17-12(11)20-9-7-16-8-10-20/h4-6,16H,7-10H2,1-3H3. The second kappa shape index (κ2) is 5.44. The van der Waals surface area contributed by atoms with Gasteiger partial charge in [-0.15, -0.1) is 0 Å². The molecule has 6 nitrogen and oxygen atoms in total. The molecule has 1 N–H and O–H groups in total. The van der Waals surface area contributed by atoms with Crippen molar-refractivity contribution in [1.82, 2.24) is 20.4 Å². The molecular weight excluding hydrogens is 266 g/mol. The highest BCUT2D eigenvalue weighted by Gasteiger charge is 2.24. The Morgan fingerprint density at radius 3 is 2.67 bits per heavy atom. The van der Waals surface area contributed by atoms with E-state index in [1.165, 1.54) is 0 Å². The van der Waals surface area contributed by atoms with Gasteiger partial charge in [0.15, 0.2) is 5.82 Å². The Bertz CT molecular complexity index is 611. The number of piperazine rings is 1. The Morgan fingerprint density at radius 2 is 2.00 bits per heavy atom. The van der Waals surface area contributed by atoms with Crippen LogP contribution in [0.25, 0.3) is 11.5 Å². The molecule has 1 aliphatic rings. The summed E-state index contributed by atoms with van der Waals surface area (Å²) in [5, 5.41) is 7.45. The summed E-state index contributed by atoms with van der Waals surface area (Å²) >= 11 is 0. The van der Waals surface area contributed by atoms with Crippen LogP contribution < -0.4 is 10.2 Å². The molecule has 0 atom stereocenters. The zero-order valence-electron chi connectivity index (χ0n) is 12.8. The molecular formula is C15H21N5O. The van der Waals surface area contributed by atoms with E-state index < -0.39 is 0 Å². The molecule has 1 fully saturated rings. The lowest BCUT2D eigenvalue weighted by molar-refractivity contribution is 0.402. The predicted molar refractivity (Wildman–Crippen MR) is 81.3 cm³/mol. The normalized spacial score (nSPS) is 16.2. The summed E-state index contributed by atoms with van der Waals surface area (Å²) in [5.41, 5.74) is 0.779. The Kier molecular flexibility index (Phi) is 3.63. The number of hydrogen-bond donors (Lipinski definition) is 1. The van der Waals surface area contributed by atoms with Gasteiger partial charge in [-0.3, -0.25) is 0 Å². The highest BCUT2D eigenvalue weighted by atomic mass is 16.5. The highest BCUT2D eigenvalue weighted by Crippen LogP contribution is 2.29. The van der Waals surface area contributed by atoms with Gasteiger partial charge in [0.2, 0.25) is 0 Å². The van der Waals surface area contributed by atoms with Crippen molar-refractivity contribution in [2.45, 2.75) is 26.2 Å². The number of nitrogens with zero attached hydrogens (tertiary/aromatic N) is 4. The van der Waals surface area contributed by atoms with Crippen molar-refractivity contribution >= 4 is 5.82 Å². The Labute approximate surface area is 124 Å². The lowest BCUT2D eigenvalue weighted by atomic mass is 9.96. The van der Waals surface area contributed by atoms with Gasteiger partial charge in [-0.05, 0) is 12.1 Å². The first-order valence-corrected chi connectivity index (χ1v) is 7.31. The molecule has 1 aliphatic heterocycles. The zero-order chi connectivity index (χ0) is 14.9. The van der Waals surface area contributed by atoms with Gasteiger partial charge < -0.3 is 14.7 Å². The Morgan fingerprint density at radius 1 is 1.24 bits per heavy atom. The number of rotatable bonds is 2. The summed E-state index contributed by atoms with van der Waals surface area (Å²) in [5.74, 6) is 2.18. The first-order chi connectivity index (χ1) is 10.1. The lowest BCUT2D eigenvalue weighted by Gasteiger charge is -2.29. The summed E-state index contributed by atoms with van der Waals surface area (Å²) in [6, 6.07) is 3.90. The minimum Gasteiger partial charge on any atom is -0.353 e. The minimum atomic E-state index is -0.126. The zero-order valence-corrected chi connectivity index (χ0v) is 12.8. The molecule has 0 aromatic carbocycles. The van der Waals surface area contributed by atoms with E-state index in [4.69, 9.17) is 4.52 Å². The number of aromatic nitrogens is 3. The van der Waals surface area contributed by atoms with Crippen LogP contribution in [0.3, 0.4) is 0 Å². The van der Waals surface area contributed by atoms with E-state index in [1.54, 1.807) is 0 Å². The van der Waals surface area contributed by atoms with E-state index in [0.717, 1.165) is 37.6 Å². The van der Waals surface area contributed by atoms with Gasteiger partial charge in [0, 0.05) is 37.8 Å². The molecule has 0 unspecified atom stereocenters. The quantitative estimate of drug-likeness (QED) is 0.909. The van der Waals surface area contributed by atoms with Crippen molar-refractivity contribution in [2.24, 2.45) is 0 Å². The van der Waals surface area contributed by atoms with E-state index in [1.807, 2.05) is 18.3 Å². The summed E-state index contributed by atoms with van der Waals surface area (Å²) in [4.78, 5) is 11.3. The maximum Gasteiger partial charge on any atom is 0.261 e. The van der Waals surface area contributed by atoms with Crippen LogP contribution in [0.4, 0.5) is 5.82 Å². The molecule has 0 spiro atoms. The average molecular weight is 287 g/mol. The van der Waals surface area contributed by atoms with Gasteiger partial charge in [-0.1, -0.05) is 25.9 Å². The molecule has 3 rings (SSSR count). The van der Waals surface area contributed by atoms with Crippen molar-refractivity contribution in [2.75, 3.05) is 31.1 Å². The van der Waals surface area contributed by atoms with E-state index in [2.05, 4.69) is 46.1 Å². The van der Waals surface area contributed by atoms with Crippen molar-refractivity contribution in [3.8, 4) is 11.5 Å². The fraction of sp³-hybridized carbons (Fsp3) is 0.533. The molecule has 3 heterocycles. The van der Waals surface area contributed by atoms with Crippen molar-refractivity contribution in [3.63, 3.8) is 0 Å². The maximum absolute atomic E-state index is 5.47. The SMILES string of the molecule is CC(C)(C)c1noc(-c2cccnc2N2CCNCC2)n1. The van der Waals surface area contributed by atoms with Gasteiger partial charge >= 0.3 is 0 Å². The number of nitrogens with one attached hydrogen (secondary N) is 1. The molecule has 0 bridgehead atoms. The van der Waals surface area contributed by atoms with Crippen LogP contribution in [0.2, 0.25) is 0 Å². The molecule has 2 aromatic heterocycles. The smallest absolute Gasteiger partial charge is 0.261 e. The van der Waals surface area contributed by atoms with Crippen molar-refractivity contribution < 1.29 is 4.52 Å². The molecule has 1 saturated heterocycles. The lowest BCUT2D eigenvalue weighted by Crippen LogP contribution is -2.44. The average Bonchev–Trinajstić information content (AvgIpc) is 2.98. The summed E-state index contributed by atoms with van der Waals surface area (Å²) in [6.07, 6.45) is 1.81. The number of hydrogen-bond acceptors (Lipinski definition) is 6. The van der Waals surface area contributed by atoms with Gasteiger partial charge in [-0.25, -0.2) is 4.98 Å². The number of anilines is 1. The van der Waals surface area contributed by atoms with Gasteiger partial charge in [-0.2, -0.15) is 4.98 Å². The highest BCUT2D eigenvalue weighted by molar-refractivity contribution is 5.69. The molecule has 6 heteroatoms. The summed E-state index contributed by atoms with van der Waals surface area (Å²) in [7, 11) is 0. The molecule has 0 radical (unpaired) electrons. The largest absolute Gasteiger partial charge is 0.353 e. The second-order valence-electron chi connectivity index (χ2n) is 6.28. The fourth-order valence-corrected chi connectivity index (χ4v) is 2.33.